The minimum atomic E-state index is -5.77. The van der Waals surface area contributed by atoms with E-state index in [0.717, 1.165) is 83.8 Å². The van der Waals surface area contributed by atoms with Crippen LogP contribution in [0.2, 0.25) is 0 Å². The number of aromatic amines is 2. The molecule has 22 heteroatoms. The number of phenolic OH excluding ortho intramolecular Hbond substituents is 1. The third-order valence-corrected chi connectivity index (χ3v) is 9.38. The number of para-hydroxylation sites is 2. The second kappa shape index (κ2) is 21.1. The molecule has 314 valence electrons. The third kappa shape index (κ3) is 15.2. The van der Waals surface area contributed by atoms with E-state index in [4.69, 9.17) is 4.79 Å². The van der Waals surface area contributed by atoms with Crippen molar-refractivity contribution in [3.05, 3.63) is 57.5 Å². The molecule has 1 aliphatic carbocycles. The number of hydrogen-bond acceptors (Lipinski definition) is 10. The van der Waals surface area contributed by atoms with Gasteiger partial charge in [-0.25, -0.2) is 4.98 Å². The summed E-state index contributed by atoms with van der Waals surface area (Å²) < 4.78 is 99.0. The minimum absolute atomic E-state index is 0.103. The number of alkyl halides is 9. The van der Waals surface area contributed by atoms with Crippen molar-refractivity contribution in [2.24, 2.45) is 0 Å². The van der Waals surface area contributed by atoms with Crippen molar-refractivity contribution in [3.63, 3.8) is 0 Å². The summed E-state index contributed by atoms with van der Waals surface area (Å²) in [6.45, 7) is 3.60. The topological polar surface area (TPSA) is 177 Å². The Morgan fingerprint density at radius 3 is 2.04 bits per heavy atom. The second-order valence-corrected chi connectivity index (χ2v) is 13.6. The number of rotatable bonds is 14. The number of imidazole rings is 1. The maximum absolute atomic E-state index is 13.2. The third-order valence-electron chi connectivity index (χ3n) is 8.42. The molecule has 0 aliphatic heterocycles. The van der Waals surface area contributed by atoms with Gasteiger partial charge in [-0.3, -0.25) is 24.0 Å². The first-order chi connectivity index (χ1) is 26.7. The number of aromatic nitrogens is 3. The number of benzene rings is 2. The molecule has 4 aromatic rings. The first kappa shape index (κ1) is 46.6. The Hall–Kier alpha value is -4.83. The van der Waals surface area contributed by atoms with Crippen LogP contribution in [0.4, 0.5) is 39.5 Å². The highest BCUT2D eigenvalue weighted by Gasteiger charge is 2.54. The quantitative estimate of drug-likeness (QED) is 0.0463. The van der Waals surface area contributed by atoms with Gasteiger partial charge in [0.2, 0.25) is 12.2 Å². The highest BCUT2D eigenvalue weighted by molar-refractivity contribution is 7.16. The Morgan fingerprint density at radius 2 is 1.44 bits per heavy atom. The van der Waals surface area contributed by atoms with Crippen LogP contribution in [0.15, 0.2) is 41.2 Å². The van der Waals surface area contributed by atoms with Crippen LogP contribution in [0.5, 0.6) is 5.75 Å². The second-order valence-electron chi connectivity index (χ2n) is 12.6. The number of halogens is 9. The number of fused-ring (bicyclic) bond motifs is 2. The first-order valence-electron chi connectivity index (χ1n) is 17.4. The number of H-pyrrole nitrogens is 2. The molecule has 1 amide bonds. The number of hydrogen-bond donors (Lipinski definition) is 5. The maximum atomic E-state index is 13.2. The Balaban J connectivity index is 0.000000403. The molecule has 0 unspecified atom stereocenters. The molecule has 12 nitrogen and oxygen atoms in total. The number of nitrogens with one attached hydrogen (secondary N) is 4. The van der Waals surface area contributed by atoms with E-state index in [0.29, 0.717) is 31.1 Å². The summed E-state index contributed by atoms with van der Waals surface area (Å²) in [6.07, 6.45) is -9.40. The van der Waals surface area contributed by atoms with Crippen molar-refractivity contribution < 1.29 is 63.8 Å². The van der Waals surface area contributed by atoms with Crippen molar-refractivity contribution >= 4 is 56.3 Å². The van der Waals surface area contributed by atoms with Gasteiger partial charge in [0, 0.05) is 45.1 Å². The zero-order chi connectivity index (χ0) is 42.4. The van der Waals surface area contributed by atoms with E-state index < -0.39 is 36.4 Å². The lowest BCUT2D eigenvalue weighted by molar-refractivity contribution is -0.193. The highest BCUT2D eigenvalue weighted by atomic mass is 32.1. The molecule has 5 N–H and O–H groups in total. The summed E-state index contributed by atoms with van der Waals surface area (Å²) in [6, 6.07) is 11.9. The van der Waals surface area contributed by atoms with E-state index in [1.165, 1.54) is 19.3 Å². The number of carbonyl (C=O) groups excluding carboxylic acids is 4. The van der Waals surface area contributed by atoms with Gasteiger partial charge in [0.05, 0.1) is 15.7 Å². The molecule has 1 saturated carbocycles. The number of aromatic hydroxyl groups is 1. The van der Waals surface area contributed by atoms with Gasteiger partial charge >= 0.3 is 35.0 Å². The average Bonchev–Trinajstić information content (AvgIpc) is 3.76. The van der Waals surface area contributed by atoms with Crippen LogP contribution in [0, 0.1) is 0 Å². The first-order valence-corrected chi connectivity index (χ1v) is 18.3. The van der Waals surface area contributed by atoms with E-state index >= 15 is 0 Å². The SMILES string of the molecule is O=C(C(=O)C(F)(F)F)C(F)(F)F.O=C(CCNCCc1nc2ccccc2[nH]1)N(CCNCCc1ccc(O)c2[nH]c(=O)sc12)C1CCCCC1.O=CC(F)(F)F. The number of thiazole rings is 1. The van der Waals surface area contributed by atoms with Gasteiger partial charge in [0.25, 0.3) is 0 Å². The number of amides is 1. The number of aldehydes is 1. The van der Waals surface area contributed by atoms with Crippen LogP contribution in [0.25, 0.3) is 21.3 Å². The summed E-state index contributed by atoms with van der Waals surface area (Å²) in [7, 11) is 0. The predicted molar refractivity (Wildman–Crippen MR) is 191 cm³/mol. The fraction of sp³-hybridized carbons (Fsp3) is 0.486. The predicted octanol–water partition coefficient (Wildman–Crippen LogP) is 5.68. The summed E-state index contributed by atoms with van der Waals surface area (Å²) in [5, 5.41) is 16.9. The summed E-state index contributed by atoms with van der Waals surface area (Å²) in [5.74, 6) is -5.53. The van der Waals surface area contributed by atoms with Gasteiger partial charge in [0.15, 0.2) is 0 Å². The van der Waals surface area contributed by atoms with Gasteiger partial charge in [0.1, 0.15) is 17.1 Å². The van der Waals surface area contributed by atoms with Crippen LogP contribution in [-0.2, 0) is 32.0 Å². The van der Waals surface area contributed by atoms with E-state index in [1.54, 1.807) is 6.07 Å². The van der Waals surface area contributed by atoms with Crippen LogP contribution in [0.3, 0.4) is 0 Å². The van der Waals surface area contributed by atoms with E-state index in [2.05, 4.69) is 30.5 Å². The molecular formula is C35H39F9N6O6S. The zero-order valence-corrected chi connectivity index (χ0v) is 30.8. The molecule has 2 heterocycles. The monoisotopic (exact) mass is 842 g/mol. The summed E-state index contributed by atoms with van der Waals surface area (Å²) in [4.78, 5) is 65.6. The van der Waals surface area contributed by atoms with Gasteiger partial charge in [-0.2, -0.15) is 39.5 Å². The lowest BCUT2D eigenvalue weighted by Crippen LogP contribution is -2.45. The van der Waals surface area contributed by atoms with E-state index in [1.807, 2.05) is 30.3 Å². The maximum Gasteiger partial charge on any atom is 0.458 e. The number of Topliss-reactive ketones (excluding diaryl/α,β-unsaturated/α-hetero) is 2. The number of ketones is 2. The molecule has 2 aromatic heterocycles. The fourth-order valence-electron chi connectivity index (χ4n) is 5.77. The van der Waals surface area contributed by atoms with E-state index in [-0.39, 0.29) is 16.5 Å². The number of carbonyl (C=O) groups is 4. The van der Waals surface area contributed by atoms with Crippen LogP contribution >= 0.6 is 11.3 Å². The van der Waals surface area contributed by atoms with Crippen molar-refractivity contribution in [2.75, 3.05) is 32.7 Å². The molecule has 5 rings (SSSR count). The van der Waals surface area contributed by atoms with Crippen molar-refractivity contribution in [2.45, 2.75) is 75.9 Å². The standard InChI is InChI=1S/C29H38N6O3S.C4F6O2.C2HF3O/c36-24-11-10-20(28-27(24)34-29(38)39-28)12-15-31-18-19-35(21-6-2-1-3-7-21)26(37)14-17-30-16-13-25-32-22-8-4-5-9-23(22)33-25;5-3(6,7)1(11)2(12)4(8,9)10;3-2(4,5)1-6/h4-5,8-11,21,30-31,36H,1-3,6-7,12-19H2,(H,32,33)(H,34,38);;1H. The van der Waals surface area contributed by atoms with Crippen molar-refractivity contribution in [1.82, 2.24) is 30.5 Å². The molecule has 0 spiro atoms. The lowest BCUT2D eigenvalue weighted by atomic mass is 9.94. The molecule has 0 atom stereocenters. The molecule has 57 heavy (non-hydrogen) atoms. The molecule has 0 bridgehead atoms. The van der Waals surface area contributed by atoms with Gasteiger partial charge in [-0.05, 0) is 49.6 Å². The molecular weight excluding hydrogens is 803 g/mol. The zero-order valence-electron chi connectivity index (χ0n) is 30.0. The van der Waals surface area contributed by atoms with Gasteiger partial charge in [-0.15, -0.1) is 0 Å². The molecule has 2 aromatic carbocycles. The molecule has 0 saturated heterocycles. The van der Waals surface area contributed by atoms with Gasteiger partial charge in [-0.1, -0.05) is 48.8 Å². The van der Waals surface area contributed by atoms with Crippen molar-refractivity contribution in [1.29, 1.82) is 0 Å². The van der Waals surface area contributed by atoms with E-state index in [9.17, 15) is 63.8 Å². The van der Waals surface area contributed by atoms with Crippen LogP contribution < -0.4 is 15.5 Å². The number of phenols is 1. The Kier molecular flexibility index (Phi) is 17.2. The smallest absolute Gasteiger partial charge is 0.458 e. The normalized spacial score (nSPS) is 13.7. The fourth-order valence-corrected chi connectivity index (χ4v) is 6.67. The Labute approximate surface area is 322 Å². The summed E-state index contributed by atoms with van der Waals surface area (Å²) in [5.41, 5.74) is 3.59. The Morgan fingerprint density at radius 1 is 0.842 bits per heavy atom. The molecule has 1 fully saturated rings. The van der Waals surface area contributed by atoms with Crippen molar-refractivity contribution in [3.8, 4) is 5.75 Å². The van der Waals surface area contributed by atoms with Crippen LogP contribution in [0.1, 0.15) is 49.9 Å². The lowest BCUT2D eigenvalue weighted by Gasteiger charge is -2.34. The molecule has 0 radical (unpaired) electrons. The van der Waals surface area contributed by atoms with Crippen LogP contribution in [-0.4, -0.2) is 106 Å². The Bertz CT molecular complexity index is 1950. The highest BCUT2D eigenvalue weighted by Crippen LogP contribution is 2.28. The average molecular weight is 843 g/mol. The largest absolute Gasteiger partial charge is 0.506 e. The number of nitrogens with zero attached hydrogens (tertiary/aromatic N) is 2. The van der Waals surface area contributed by atoms with Gasteiger partial charge < -0.3 is 30.6 Å². The molecule has 1 aliphatic rings. The minimum Gasteiger partial charge on any atom is -0.506 e. The summed E-state index contributed by atoms with van der Waals surface area (Å²) >= 11 is 1.13.